The average Bonchev–Trinajstić information content (AvgIpc) is 3.14. The zero-order valence-electron chi connectivity index (χ0n) is 13.6. The minimum absolute atomic E-state index is 0.100. The monoisotopic (exact) mass is 306 g/mol. The standard InChI is InChI=1S/C16H26N4O2/c1-3-15(21)20-10-6-9-19(13-7-4-5-8-13)11-14(20)16-17-12(2)18-22-16/h13-14H,3-11H2,1-2H3. The molecule has 3 rings (SSSR count). The van der Waals surface area contributed by atoms with Gasteiger partial charge in [-0.05, 0) is 26.2 Å². The Morgan fingerprint density at radius 2 is 2.05 bits per heavy atom. The van der Waals surface area contributed by atoms with E-state index in [0.717, 1.165) is 26.1 Å². The highest BCUT2D eigenvalue weighted by molar-refractivity contribution is 5.76. The van der Waals surface area contributed by atoms with Crippen molar-refractivity contribution >= 4 is 5.91 Å². The molecule has 1 aromatic heterocycles. The van der Waals surface area contributed by atoms with Crippen molar-refractivity contribution in [3.8, 4) is 0 Å². The molecule has 2 fully saturated rings. The van der Waals surface area contributed by atoms with Crippen LogP contribution in [-0.4, -0.2) is 51.5 Å². The van der Waals surface area contributed by atoms with Gasteiger partial charge < -0.3 is 9.42 Å². The molecule has 122 valence electrons. The van der Waals surface area contributed by atoms with Gasteiger partial charge in [0.05, 0.1) is 0 Å². The fourth-order valence-corrected chi connectivity index (χ4v) is 3.77. The van der Waals surface area contributed by atoms with E-state index in [1.54, 1.807) is 0 Å². The van der Waals surface area contributed by atoms with Gasteiger partial charge in [-0.1, -0.05) is 24.9 Å². The zero-order chi connectivity index (χ0) is 15.5. The first-order valence-electron chi connectivity index (χ1n) is 8.52. The third-order valence-electron chi connectivity index (χ3n) is 4.92. The molecule has 6 heteroatoms. The molecular weight excluding hydrogens is 280 g/mol. The highest BCUT2D eigenvalue weighted by Gasteiger charge is 2.35. The lowest BCUT2D eigenvalue weighted by atomic mass is 10.1. The summed E-state index contributed by atoms with van der Waals surface area (Å²) in [5.74, 6) is 1.40. The van der Waals surface area contributed by atoms with E-state index in [1.807, 2.05) is 18.7 Å². The van der Waals surface area contributed by atoms with E-state index in [1.165, 1.54) is 25.7 Å². The topological polar surface area (TPSA) is 62.5 Å². The van der Waals surface area contributed by atoms with Crippen LogP contribution in [0.1, 0.15) is 63.2 Å². The van der Waals surface area contributed by atoms with Crippen LogP contribution in [0.5, 0.6) is 0 Å². The number of nitrogens with zero attached hydrogens (tertiary/aromatic N) is 4. The Kier molecular flexibility index (Phi) is 4.76. The first-order valence-corrected chi connectivity index (χ1v) is 8.52. The summed E-state index contributed by atoms with van der Waals surface area (Å²) in [5, 5.41) is 3.92. The van der Waals surface area contributed by atoms with Gasteiger partial charge in [0.2, 0.25) is 5.91 Å². The lowest BCUT2D eigenvalue weighted by Crippen LogP contribution is -2.41. The number of aromatic nitrogens is 2. The van der Waals surface area contributed by atoms with E-state index in [0.29, 0.717) is 24.2 Å². The van der Waals surface area contributed by atoms with Gasteiger partial charge in [0.15, 0.2) is 5.82 Å². The number of carbonyl (C=O) groups is 1. The Morgan fingerprint density at radius 1 is 1.27 bits per heavy atom. The summed E-state index contributed by atoms with van der Waals surface area (Å²) in [7, 11) is 0. The van der Waals surface area contributed by atoms with E-state index in [2.05, 4.69) is 15.0 Å². The van der Waals surface area contributed by atoms with Crippen molar-refractivity contribution in [2.24, 2.45) is 0 Å². The van der Waals surface area contributed by atoms with Gasteiger partial charge in [-0.15, -0.1) is 0 Å². The summed E-state index contributed by atoms with van der Waals surface area (Å²) < 4.78 is 5.41. The van der Waals surface area contributed by atoms with Crippen LogP contribution in [0.4, 0.5) is 0 Å². The normalized spacial score (nSPS) is 24.6. The number of amides is 1. The molecule has 0 spiro atoms. The van der Waals surface area contributed by atoms with Crippen molar-refractivity contribution in [3.63, 3.8) is 0 Å². The molecular formula is C16H26N4O2. The minimum Gasteiger partial charge on any atom is -0.337 e. The predicted molar refractivity (Wildman–Crippen MR) is 82.2 cm³/mol. The molecule has 0 N–H and O–H groups in total. The first kappa shape index (κ1) is 15.5. The Labute approximate surface area is 131 Å². The molecule has 1 aliphatic carbocycles. The van der Waals surface area contributed by atoms with E-state index in [-0.39, 0.29) is 11.9 Å². The highest BCUT2D eigenvalue weighted by Crippen LogP contribution is 2.30. The van der Waals surface area contributed by atoms with Crippen molar-refractivity contribution in [1.29, 1.82) is 0 Å². The van der Waals surface area contributed by atoms with Crippen LogP contribution in [-0.2, 0) is 4.79 Å². The first-order chi connectivity index (χ1) is 10.7. The second-order valence-electron chi connectivity index (χ2n) is 6.42. The molecule has 2 heterocycles. The van der Waals surface area contributed by atoms with Gasteiger partial charge >= 0.3 is 0 Å². The van der Waals surface area contributed by atoms with E-state index in [4.69, 9.17) is 4.52 Å². The molecule has 1 aliphatic heterocycles. The Bertz CT molecular complexity index is 510. The summed E-state index contributed by atoms with van der Waals surface area (Å²) in [6.45, 7) is 6.39. The molecule has 22 heavy (non-hydrogen) atoms. The summed E-state index contributed by atoms with van der Waals surface area (Å²) in [5.41, 5.74) is 0. The molecule has 1 atom stereocenters. The van der Waals surface area contributed by atoms with Crippen LogP contribution >= 0.6 is 0 Å². The highest BCUT2D eigenvalue weighted by atomic mass is 16.5. The van der Waals surface area contributed by atoms with Gasteiger partial charge in [-0.2, -0.15) is 4.98 Å². The molecule has 1 aromatic rings. The smallest absolute Gasteiger partial charge is 0.250 e. The van der Waals surface area contributed by atoms with E-state index < -0.39 is 0 Å². The molecule has 1 saturated carbocycles. The number of rotatable bonds is 3. The quantitative estimate of drug-likeness (QED) is 0.857. The van der Waals surface area contributed by atoms with E-state index >= 15 is 0 Å². The Balaban J connectivity index is 1.84. The third kappa shape index (κ3) is 3.16. The van der Waals surface area contributed by atoms with Gasteiger partial charge in [0.1, 0.15) is 6.04 Å². The SMILES string of the molecule is CCC(=O)N1CCCN(C2CCCC2)CC1c1nc(C)no1. The second kappa shape index (κ2) is 6.77. The van der Waals surface area contributed by atoms with Crippen LogP contribution in [0.3, 0.4) is 0 Å². The van der Waals surface area contributed by atoms with Crippen molar-refractivity contribution in [2.75, 3.05) is 19.6 Å². The molecule has 1 amide bonds. The van der Waals surface area contributed by atoms with Crippen LogP contribution in [0.15, 0.2) is 4.52 Å². The summed E-state index contributed by atoms with van der Waals surface area (Å²) >= 11 is 0. The molecule has 2 aliphatic rings. The number of aryl methyl sites for hydroxylation is 1. The maximum Gasteiger partial charge on any atom is 0.250 e. The number of hydrogen-bond donors (Lipinski definition) is 0. The van der Waals surface area contributed by atoms with Gasteiger partial charge in [-0.3, -0.25) is 9.69 Å². The second-order valence-corrected chi connectivity index (χ2v) is 6.42. The Morgan fingerprint density at radius 3 is 2.68 bits per heavy atom. The molecule has 0 bridgehead atoms. The van der Waals surface area contributed by atoms with Gasteiger partial charge in [0.25, 0.3) is 5.89 Å². The predicted octanol–water partition coefficient (Wildman–Crippen LogP) is 2.31. The van der Waals surface area contributed by atoms with Gasteiger partial charge in [0, 0.05) is 32.1 Å². The zero-order valence-corrected chi connectivity index (χ0v) is 13.6. The van der Waals surface area contributed by atoms with Crippen molar-refractivity contribution in [3.05, 3.63) is 11.7 Å². The average molecular weight is 306 g/mol. The molecule has 1 saturated heterocycles. The van der Waals surface area contributed by atoms with Crippen molar-refractivity contribution in [2.45, 2.75) is 64.5 Å². The molecule has 6 nitrogen and oxygen atoms in total. The lowest BCUT2D eigenvalue weighted by molar-refractivity contribution is -0.133. The fraction of sp³-hybridized carbons (Fsp3) is 0.812. The van der Waals surface area contributed by atoms with Crippen LogP contribution in [0.2, 0.25) is 0 Å². The number of carbonyl (C=O) groups excluding carboxylic acids is 1. The number of hydrogen-bond acceptors (Lipinski definition) is 5. The van der Waals surface area contributed by atoms with Crippen molar-refractivity contribution in [1.82, 2.24) is 19.9 Å². The van der Waals surface area contributed by atoms with Crippen LogP contribution < -0.4 is 0 Å². The van der Waals surface area contributed by atoms with Crippen molar-refractivity contribution < 1.29 is 9.32 Å². The summed E-state index contributed by atoms with van der Waals surface area (Å²) in [6.07, 6.45) is 6.74. The minimum atomic E-state index is -0.100. The Hall–Kier alpha value is -1.43. The summed E-state index contributed by atoms with van der Waals surface area (Å²) in [6, 6.07) is 0.556. The molecule has 0 radical (unpaired) electrons. The fourth-order valence-electron chi connectivity index (χ4n) is 3.77. The third-order valence-corrected chi connectivity index (χ3v) is 4.92. The molecule has 1 unspecified atom stereocenters. The lowest BCUT2D eigenvalue weighted by Gasteiger charge is -2.31. The maximum absolute atomic E-state index is 12.4. The van der Waals surface area contributed by atoms with Crippen LogP contribution in [0, 0.1) is 6.92 Å². The molecule has 0 aromatic carbocycles. The summed E-state index contributed by atoms with van der Waals surface area (Å²) in [4.78, 5) is 21.2. The van der Waals surface area contributed by atoms with E-state index in [9.17, 15) is 4.79 Å². The van der Waals surface area contributed by atoms with Gasteiger partial charge in [-0.25, -0.2) is 0 Å². The van der Waals surface area contributed by atoms with Crippen LogP contribution in [0.25, 0.3) is 0 Å². The maximum atomic E-state index is 12.4. The largest absolute Gasteiger partial charge is 0.337 e.